The maximum Gasteiger partial charge on any atom is 0.416 e. The lowest BCUT2D eigenvalue weighted by atomic mass is 9.97. The zero-order chi connectivity index (χ0) is 20.5. The SMILES string of the molecule is COC(=O)CN1C(=O)CN=C(c2ccccc2F)c2cc(C(F)(F)F)ccc21. The summed E-state index contributed by atoms with van der Waals surface area (Å²) in [7, 11) is 1.12. The molecule has 0 unspecified atom stereocenters. The Balaban J connectivity index is 2.23. The second-order valence-electron chi connectivity index (χ2n) is 5.93. The van der Waals surface area contributed by atoms with E-state index in [1.54, 1.807) is 0 Å². The van der Waals surface area contributed by atoms with Crippen LogP contribution in [0.4, 0.5) is 23.2 Å². The maximum absolute atomic E-state index is 14.3. The third kappa shape index (κ3) is 3.73. The molecule has 0 fully saturated rings. The number of nitrogens with zero attached hydrogens (tertiary/aromatic N) is 2. The fourth-order valence-electron chi connectivity index (χ4n) is 2.84. The standard InChI is InChI=1S/C19H14F4N2O3/c1-28-17(27)10-25-15-7-6-11(19(21,22)23)8-13(15)18(24-9-16(25)26)12-4-2-3-5-14(12)20/h2-8H,9-10H2,1H3. The van der Waals surface area contributed by atoms with Crippen molar-refractivity contribution >= 4 is 23.3 Å². The van der Waals surface area contributed by atoms with E-state index in [-0.39, 0.29) is 22.5 Å². The summed E-state index contributed by atoms with van der Waals surface area (Å²) >= 11 is 0. The summed E-state index contributed by atoms with van der Waals surface area (Å²) in [6, 6.07) is 8.10. The summed E-state index contributed by atoms with van der Waals surface area (Å²) in [5, 5.41) is 0. The lowest BCUT2D eigenvalue weighted by molar-refractivity contribution is -0.140. The molecule has 0 N–H and O–H groups in total. The van der Waals surface area contributed by atoms with Crippen LogP contribution in [0.2, 0.25) is 0 Å². The van der Waals surface area contributed by atoms with Gasteiger partial charge in [0.1, 0.15) is 18.9 Å². The number of esters is 1. The van der Waals surface area contributed by atoms with Crippen LogP contribution in [0.5, 0.6) is 0 Å². The number of amides is 1. The van der Waals surface area contributed by atoms with Crippen LogP contribution in [0, 0.1) is 5.82 Å². The highest BCUT2D eigenvalue weighted by atomic mass is 19.4. The molecule has 1 aliphatic rings. The van der Waals surface area contributed by atoms with Gasteiger partial charge >= 0.3 is 12.1 Å². The van der Waals surface area contributed by atoms with Gasteiger partial charge < -0.3 is 4.74 Å². The van der Waals surface area contributed by atoms with Gasteiger partial charge in [0, 0.05) is 11.1 Å². The van der Waals surface area contributed by atoms with Gasteiger partial charge in [-0.3, -0.25) is 19.5 Å². The van der Waals surface area contributed by atoms with Crippen molar-refractivity contribution in [1.82, 2.24) is 0 Å². The number of carbonyl (C=O) groups excluding carboxylic acids is 2. The summed E-state index contributed by atoms with van der Waals surface area (Å²) in [5.41, 5.74) is -1.21. The Morgan fingerprint density at radius 1 is 1.18 bits per heavy atom. The normalized spacial score (nSPS) is 14.2. The fraction of sp³-hybridized carbons (Fsp3) is 0.211. The average Bonchev–Trinajstić information content (AvgIpc) is 2.78. The van der Waals surface area contributed by atoms with E-state index in [0.29, 0.717) is 0 Å². The molecular weight excluding hydrogens is 380 g/mol. The number of benzene rings is 2. The second-order valence-corrected chi connectivity index (χ2v) is 5.93. The Morgan fingerprint density at radius 2 is 1.89 bits per heavy atom. The van der Waals surface area contributed by atoms with Crippen LogP contribution in [0.15, 0.2) is 47.5 Å². The second kappa shape index (κ2) is 7.41. The molecule has 0 saturated heterocycles. The molecule has 28 heavy (non-hydrogen) atoms. The van der Waals surface area contributed by atoms with Crippen molar-refractivity contribution in [3.8, 4) is 0 Å². The summed E-state index contributed by atoms with van der Waals surface area (Å²) in [6.07, 6.45) is -4.65. The third-order valence-electron chi connectivity index (χ3n) is 4.19. The van der Waals surface area contributed by atoms with E-state index < -0.39 is 42.5 Å². The zero-order valence-electron chi connectivity index (χ0n) is 14.6. The molecule has 5 nitrogen and oxygen atoms in total. The van der Waals surface area contributed by atoms with Gasteiger partial charge in [-0.1, -0.05) is 12.1 Å². The summed E-state index contributed by atoms with van der Waals surface area (Å²) in [5.74, 6) is -2.08. The number of anilines is 1. The van der Waals surface area contributed by atoms with Crippen molar-refractivity contribution in [3.63, 3.8) is 0 Å². The molecule has 0 radical (unpaired) electrons. The van der Waals surface area contributed by atoms with Gasteiger partial charge in [-0.05, 0) is 30.3 Å². The highest BCUT2D eigenvalue weighted by Crippen LogP contribution is 2.35. The number of fused-ring (bicyclic) bond motifs is 1. The summed E-state index contributed by atoms with van der Waals surface area (Å²) < 4.78 is 58.6. The molecule has 1 aliphatic heterocycles. The largest absolute Gasteiger partial charge is 0.468 e. The molecule has 0 bridgehead atoms. The minimum Gasteiger partial charge on any atom is -0.468 e. The average molecular weight is 394 g/mol. The van der Waals surface area contributed by atoms with Crippen molar-refractivity contribution in [2.45, 2.75) is 6.18 Å². The molecule has 146 valence electrons. The van der Waals surface area contributed by atoms with E-state index >= 15 is 0 Å². The minimum atomic E-state index is -4.65. The number of hydrogen-bond acceptors (Lipinski definition) is 4. The van der Waals surface area contributed by atoms with Gasteiger partial charge in [-0.2, -0.15) is 13.2 Å². The van der Waals surface area contributed by atoms with Crippen LogP contribution in [0.1, 0.15) is 16.7 Å². The number of benzodiazepines with no additional fused rings is 1. The van der Waals surface area contributed by atoms with E-state index in [4.69, 9.17) is 0 Å². The zero-order valence-corrected chi connectivity index (χ0v) is 14.6. The number of alkyl halides is 3. The highest BCUT2D eigenvalue weighted by Gasteiger charge is 2.34. The molecule has 2 aromatic rings. The van der Waals surface area contributed by atoms with Crippen molar-refractivity contribution in [2.75, 3.05) is 25.1 Å². The topological polar surface area (TPSA) is 59.0 Å². The van der Waals surface area contributed by atoms with Crippen molar-refractivity contribution in [3.05, 3.63) is 65.0 Å². The van der Waals surface area contributed by atoms with Crippen molar-refractivity contribution in [1.29, 1.82) is 0 Å². The molecule has 9 heteroatoms. The monoisotopic (exact) mass is 394 g/mol. The van der Waals surface area contributed by atoms with Crippen LogP contribution in [-0.2, 0) is 20.5 Å². The first-order valence-electron chi connectivity index (χ1n) is 8.10. The van der Waals surface area contributed by atoms with Crippen LogP contribution in [0.3, 0.4) is 0 Å². The molecule has 2 aromatic carbocycles. The lowest BCUT2D eigenvalue weighted by Crippen LogP contribution is -2.37. The van der Waals surface area contributed by atoms with Gasteiger partial charge in [0.2, 0.25) is 5.91 Å². The smallest absolute Gasteiger partial charge is 0.416 e. The Bertz CT molecular complexity index is 970. The molecule has 3 rings (SSSR count). The number of methoxy groups -OCH3 is 1. The van der Waals surface area contributed by atoms with Gasteiger partial charge in [-0.15, -0.1) is 0 Å². The molecule has 1 amide bonds. The van der Waals surface area contributed by atoms with E-state index in [0.717, 1.165) is 36.3 Å². The predicted molar refractivity (Wildman–Crippen MR) is 92.7 cm³/mol. The Hall–Kier alpha value is -3.23. The molecule has 0 aliphatic carbocycles. The first-order chi connectivity index (χ1) is 13.2. The molecule has 0 saturated carbocycles. The number of ether oxygens (including phenoxy) is 1. The maximum atomic E-state index is 14.3. The number of halogens is 4. The van der Waals surface area contributed by atoms with Gasteiger partial charge in [0.05, 0.1) is 24.1 Å². The van der Waals surface area contributed by atoms with E-state index in [1.807, 2.05) is 0 Å². The van der Waals surface area contributed by atoms with Crippen molar-refractivity contribution < 1.29 is 31.9 Å². The molecule has 0 aromatic heterocycles. The van der Waals surface area contributed by atoms with Gasteiger partial charge in [0.15, 0.2) is 0 Å². The van der Waals surface area contributed by atoms with E-state index in [1.165, 1.54) is 18.2 Å². The van der Waals surface area contributed by atoms with Gasteiger partial charge in [-0.25, -0.2) is 4.39 Å². The number of rotatable bonds is 3. The van der Waals surface area contributed by atoms with Crippen molar-refractivity contribution in [2.24, 2.45) is 4.99 Å². The Kier molecular flexibility index (Phi) is 5.17. The quantitative estimate of drug-likeness (QED) is 0.594. The van der Waals surface area contributed by atoms with Crippen LogP contribution < -0.4 is 4.90 Å². The number of aliphatic imine (C=N–C) groups is 1. The molecule has 0 atom stereocenters. The fourth-order valence-corrected chi connectivity index (χ4v) is 2.84. The summed E-state index contributed by atoms with van der Waals surface area (Å²) in [6.45, 7) is -0.968. The Labute approximate surface area is 157 Å². The van der Waals surface area contributed by atoms with Crippen LogP contribution >= 0.6 is 0 Å². The molecule has 0 spiro atoms. The first-order valence-corrected chi connectivity index (χ1v) is 8.10. The van der Waals surface area contributed by atoms with Crippen LogP contribution in [-0.4, -0.2) is 37.8 Å². The van der Waals surface area contributed by atoms with E-state index in [2.05, 4.69) is 9.73 Å². The number of carbonyl (C=O) groups is 2. The number of hydrogen-bond donors (Lipinski definition) is 0. The van der Waals surface area contributed by atoms with Crippen LogP contribution in [0.25, 0.3) is 0 Å². The molecular formula is C19H14F4N2O3. The first kappa shape index (κ1) is 19.5. The van der Waals surface area contributed by atoms with Gasteiger partial charge in [0.25, 0.3) is 0 Å². The Morgan fingerprint density at radius 3 is 2.54 bits per heavy atom. The third-order valence-corrected chi connectivity index (χ3v) is 4.19. The predicted octanol–water partition coefficient (Wildman–Crippen LogP) is 3.20. The highest BCUT2D eigenvalue weighted by molar-refractivity contribution is 6.20. The molecule has 1 heterocycles. The summed E-state index contributed by atoms with van der Waals surface area (Å²) in [4.78, 5) is 29.2. The lowest BCUT2D eigenvalue weighted by Gasteiger charge is -2.23. The minimum absolute atomic E-state index is 0.0166. The van der Waals surface area contributed by atoms with E-state index in [9.17, 15) is 27.2 Å².